The molecule has 2 heterocycles. The quantitative estimate of drug-likeness (QED) is 0.682. The van der Waals surface area contributed by atoms with Gasteiger partial charge in [0, 0.05) is 16.0 Å². The number of halogens is 2. The van der Waals surface area contributed by atoms with Crippen molar-refractivity contribution in [1.29, 1.82) is 0 Å². The highest BCUT2D eigenvalue weighted by molar-refractivity contribution is 14.1. The van der Waals surface area contributed by atoms with Gasteiger partial charge in [-0.2, -0.15) is 0 Å². The number of hydrogen-bond acceptors (Lipinski definition) is 1. The third kappa shape index (κ3) is 1.41. The van der Waals surface area contributed by atoms with Gasteiger partial charge in [-0.05, 0) is 50.7 Å². The van der Waals surface area contributed by atoms with Crippen molar-refractivity contribution in [2.45, 2.75) is 0 Å². The van der Waals surface area contributed by atoms with Gasteiger partial charge in [-0.1, -0.05) is 0 Å². The fourth-order valence-electron chi connectivity index (χ4n) is 0.926. The third-order valence-corrected chi connectivity index (χ3v) is 2.45. The number of fused-ring (bicyclic) bond motifs is 1. The SMILES string of the molecule is Brc1cn2ccc(I)cc2n1. The van der Waals surface area contributed by atoms with Crippen LogP contribution in [-0.2, 0) is 0 Å². The number of hydrogen-bond donors (Lipinski definition) is 0. The standard InChI is InChI=1S/C7H4BrIN2/c8-6-4-11-2-1-5(9)3-7(11)10-6/h1-4H. The van der Waals surface area contributed by atoms with E-state index in [1.807, 2.05) is 28.9 Å². The molecule has 0 unspecified atom stereocenters. The minimum Gasteiger partial charge on any atom is -0.306 e. The average Bonchev–Trinajstić information content (AvgIpc) is 2.27. The van der Waals surface area contributed by atoms with Crippen LogP contribution in [0.15, 0.2) is 29.1 Å². The van der Waals surface area contributed by atoms with Gasteiger partial charge in [-0.15, -0.1) is 0 Å². The first-order valence-corrected chi connectivity index (χ1v) is 4.92. The van der Waals surface area contributed by atoms with Crippen LogP contribution in [0, 0.1) is 3.57 Å². The van der Waals surface area contributed by atoms with Gasteiger partial charge in [0.15, 0.2) is 0 Å². The Kier molecular flexibility index (Phi) is 1.88. The highest BCUT2D eigenvalue weighted by Crippen LogP contribution is 2.13. The Labute approximate surface area is 85.9 Å². The molecule has 0 amide bonds. The molecule has 2 nitrogen and oxygen atoms in total. The van der Waals surface area contributed by atoms with E-state index in [2.05, 4.69) is 43.5 Å². The molecule has 0 bridgehead atoms. The van der Waals surface area contributed by atoms with Crippen LogP contribution in [0.25, 0.3) is 5.65 Å². The summed E-state index contributed by atoms with van der Waals surface area (Å²) in [7, 11) is 0. The van der Waals surface area contributed by atoms with Crippen LogP contribution in [0.2, 0.25) is 0 Å². The van der Waals surface area contributed by atoms with Crippen molar-refractivity contribution in [3.63, 3.8) is 0 Å². The first-order valence-electron chi connectivity index (χ1n) is 3.05. The van der Waals surface area contributed by atoms with E-state index in [4.69, 9.17) is 0 Å². The van der Waals surface area contributed by atoms with Gasteiger partial charge >= 0.3 is 0 Å². The molecular formula is C7H4BrIN2. The average molecular weight is 323 g/mol. The minimum atomic E-state index is 0.875. The summed E-state index contributed by atoms with van der Waals surface area (Å²) in [6.45, 7) is 0. The molecular weight excluding hydrogens is 319 g/mol. The summed E-state index contributed by atoms with van der Waals surface area (Å²) in [4.78, 5) is 4.25. The summed E-state index contributed by atoms with van der Waals surface area (Å²) < 4.78 is 4.05. The maximum atomic E-state index is 4.25. The zero-order valence-corrected chi connectivity index (χ0v) is 9.20. The molecule has 0 spiro atoms. The summed E-state index contributed by atoms with van der Waals surface area (Å²) in [6.07, 6.45) is 3.93. The maximum absolute atomic E-state index is 4.25. The number of aromatic nitrogens is 2. The minimum absolute atomic E-state index is 0.875. The monoisotopic (exact) mass is 322 g/mol. The molecule has 0 aliphatic rings. The summed E-state index contributed by atoms with van der Waals surface area (Å²) in [5.41, 5.74) is 0.976. The van der Waals surface area contributed by atoms with Crippen molar-refractivity contribution in [2.75, 3.05) is 0 Å². The third-order valence-electron chi connectivity index (χ3n) is 1.39. The maximum Gasteiger partial charge on any atom is 0.139 e. The largest absolute Gasteiger partial charge is 0.306 e. The Morgan fingerprint density at radius 1 is 1.55 bits per heavy atom. The molecule has 2 aromatic heterocycles. The molecule has 0 radical (unpaired) electrons. The fraction of sp³-hybridized carbons (Fsp3) is 0. The van der Waals surface area contributed by atoms with Crippen LogP contribution in [-0.4, -0.2) is 9.38 Å². The lowest BCUT2D eigenvalue weighted by Crippen LogP contribution is -1.81. The Hall–Kier alpha value is -0.100. The predicted octanol–water partition coefficient (Wildman–Crippen LogP) is 2.70. The molecule has 4 heteroatoms. The van der Waals surface area contributed by atoms with E-state index in [0.717, 1.165) is 10.3 Å². The van der Waals surface area contributed by atoms with Crippen LogP contribution in [0.1, 0.15) is 0 Å². The topological polar surface area (TPSA) is 17.3 Å². The number of imidazole rings is 1. The molecule has 0 N–H and O–H groups in total. The Morgan fingerprint density at radius 3 is 3.18 bits per heavy atom. The first-order chi connectivity index (χ1) is 5.25. The Morgan fingerprint density at radius 2 is 2.36 bits per heavy atom. The highest BCUT2D eigenvalue weighted by atomic mass is 127. The van der Waals surface area contributed by atoms with E-state index < -0.39 is 0 Å². The molecule has 0 fully saturated rings. The summed E-state index contributed by atoms with van der Waals surface area (Å²) in [5, 5.41) is 0. The van der Waals surface area contributed by atoms with Crippen molar-refractivity contribution < 1.29 is 0 Å². The van der Waals surface area contributed by atoms with Crippen molar-refractivity contribution in [1.82, 2.24) is 9.38 Å². The van der Waals surface area contributed by atoms with Gasteiger partial charge in [0.25, 0.3) is 0 Å². The molecule has 0 atom stereocenters. The summed E-state index contributed by atoms with van der Waals surface area (Å²) in [5.74, 6) is 0. The summed E-state index contributed by atoms with van der Waals surface area (Å²) in [6, 6.07) is 4.08. The van der Waals surface area contributed by atoms with E-state index in [1.54, 1.807) is 0 Å². The second-order valence-electron chi connectivity index (χ2n) is 2.17. The normalized spacial score (nSPS) is 10.7. The Bertz CT molecular complexity index is 396. The van der Waals surface area contributed by atoms with E-state index in [-0.39, 0.29) is 0 Å². The van der Waals surface area contributed by atoms with Gasteiger partial charge in [0.05, 0.1) is 0 Å². The second kappa shape index (κ2) is 2.75. The van der Waals surface area contributed by atoms with E-state index >= 15 is 0 Å². The molecule has 0 aromatic carbocycles. The van der Waals surface area contributed by atoms with Crippen LogP contribution in [0.5, 0.6) is 0 Å². The van der Waals surface area contributed by atoms with Crippen LogP contribution in [0.3, 0.4) is 0 Å². The van der Waals surface area contributed by atoms with Crippen molar-refractivity contribution in [2.24, 2.45) is 0 Å². The fourth-order valence-corrected chi connectivity index (χ4v) is 1.77. The number of rotatable bonds is 0. The van der Waals surface area contributed by atoms with Crippen molar-refractivity contribution in [3.8, 4) is 0 Å². The summed E-state index contributed by atoms with van der Waals surface area (Å²) >= 11 is 5.58. The van der Waals surface area contributed by atoms with Crippen LogP contribution >= 0.6 is 38.5 Å². The molecule has 2 rings (SSSR count). The van der Waals surface area contributed by atoms with Crippen LogP contribution in [0.4, 0.5) is 0 Å². The molecule has 0 saturated heterocycles. The van der Waals surface area contributed by atoms with E-state index in [9.17, 15) is 0 Å². The lowest BCUT2D eigenvalue weighted by molar-refractivity contribution is 1.18. The Balaban J connectivity index is 2.82. The molecule has 0 aliphatic heterocycles. The molecule has 56 valence electrons. The molecule has 0 saturated carbocycles. The smallest absolute Gasteiger partial charge is 0.139 e. The van der Waals surface area contributed by atoms with Crippen molar-refractivity contribution >= 4 is 44.2 Å². The van der Waals surface area contributed by atoms with Gasteiger partial charge in [0.2, 0.25) is 0 Å². The molecule has 0 aliphatic carbocycles. The van der Waals surface area contributed by atoms with Gasteiger partial charge < -0.3 is 4.40 Å². The zero-order valence-electron chi connectivity index (χ0n) is 5.46. The first kappa shape index (κ1) is 7.54. The van der Waals surface area contributed by atoms with Gasteiger partial charge in [0.1, 0.15) is 10.3 Å². The van der Waals surface area contributed by atoms with E-state index in [1.165, 1.54) is 3.57 Å². The zero-order chi connectivity index (χ0) is 7.84. The lowest BCUT2D eigenvalue weighted by atomic mass is 10.5. The van der Waals surface area contributed by atoms with Crippen molar-refractivity contribution in [3.05, 3.63) is 32.7 Å². The molecule has 2 aromatic rings. The van der Waals surface area contributed by atoms with E-state index in [0.29, 0.717) is 0 Å². The number of nitrogens with zero attached hydrogens (tertiary/aromatic N) is 2. The van der Waals surface area contributed by atoms with Gasteiger partial charge in [-0.25, -0.2) is 4.98 Å². The molecule has 11 heavy (non-hydrogen) atoms. The second-order valence-corrected chi connectivity index (χ2v) is 4.23. The number of pyridine rings is 1. The predicted molar refractivity (Wildman–Crippen MR) is 55.6 cm³/mol. The van der Waals surface area contributed by atoms with Crippen LogP contribution < -0.4 is 0 Å². The highest BCUT2D eigenvalue weighted by Gasteiger charge is 1.97. The van der Waals surface area contributed by atoms with Gasteiger partial charge in [-0.3, -0.25) is 0 Å². The lowest BCUT2D eigenvalue weighted by Gasteiger charge is -1.91.